The molecule has 1 aromatic heterocycles. The fourth-order valence-corrected chi connectivity index (χ4v) is 1.50. The molecule has 1 aliphatic rings. The summed E-state index contributed by atoms with van der Waals surface area (Å²) in [6.45, 7) is 1.54. The molecule has 0 saturated heterocycles. The highest BCUT2D eigenvalue weighted by molar-refractivity contribution is 5.91. The average Bonchev–Trinajstić information content (AvgIpc) is 2.40. The third kappa shape index (κ3) is 0.985. The maximum atomic E-state index is 10.9. The third-order valence-corrected chi connectivity index (χ3v) is 2.09. The van der Waals surface area contributed by atoms with Gasteiger partial charge in [0.15, 0.2) is 11.5 Å². The summed E-state index contributed by atoms with van der Waals surface area (Å²) >= 11 is 0. The van der Waals surface area contributed by atoms with Crippen LogP contribution in [0.5, 0.6) is 0 Å². The first-order chi connectivity index (χ1) is 5.27. The first-order valence-electron chi connectivity index (χ1n) is 3.90. The smallest absolute Gasteiger partial charge is 0.194 e. The number of carbonyl (C=O) groups excluding carboxylic acids is 1. The number of rotatable bonds is 1. The first-order valence-corrected chi connectivity index (χ1v) is 3.90. The molecule has 2 rings (SSSR count). The average molecular weight is 150 g/mol. The topological polar surface area (TPSA) is 30.2 Å². The molecule has 0 amide bonds. The molecule has 0 aliphatic heterocycles. The summed E-state index contributed by atoms with van der Waals surface area (Å²) in [4.78, 5) is 10.9. The minimum atomic E-state index is 0.0272. The Balaban J connectivity index is 2.42. The molecular formula is C9H10O2. The van der Waals surface area contributed by atoms with Crippen molar-refractivity contribution in [2.75, 3.05) is 0 Å². The third-order valence-electron chi connectivity index (χ3n) is 2.09. The van der Waals surface area contributed by atoms with Crippen molar-refractivity contribution in [3.8, 4) is 0 Å². The van der Waals surface area contributed by atoms with Crippen LogP contribution in [0, 0.1) is 0 Å². The second kappa shape index (κ2) is 2.22. The van der Waals surface area contributed by atoms with Gasteiger partial charge in [0, 0.05) is 13.3 Å². The van der Waals surface area contributed by atoms with Crippen molar-refractivity contribution in [1.82, 2.24) is 0 Å². The molecular weight excluding hydrogens is 140 g/mol. The van der Waals surface area contributed by atoms with Crippen LogP contribution in [-0.4, -0.2) is 5.78 Å². The molecule has 1 aromatic rings. The standard InChI is InChI=1S/C9H10O2/c1-6(10)9-5-7-3-2-4-8(7)11-9/h5H,2-4H2,1H3. The molecule has 11 heavy (non-hydrogen) atoms. The molecule has 1 aliphatic carbocycles. The van der Waals surface area contributed by atoms with E-state index >= 15 is 0 Å². The van der Waals surface area contributed by atoms with Gasteiger partial charge in [-0.25, -0.2) is 0 Å². The number of hydrogen-bond donors (Lipinski definition) is 0. The van der Waals surface area contributed by atoms with E-state index in [4.69, 9.17) is 4.42 Å². The predicted molar refractivity (Wildman–Crippen MR) is 40.7 cm³/mol. The lowest BCUT2D eigenvalue weighted by atomic mass is 10.2. The Morgan fingerprint density at radius 1 is 1.55 bits per heavy atom. The second-order valence-corrected chi connectivity index (χ2v) is 2.97. The van der Waals surface area contributed by atoms with Crippen molar-refractivity contribution < 1.29 is 9.21 Å². The Hall–Kier alpha value is -1.05. The predicted octanol–water partition coefficient (Wildman–Crippen LogP) is 1.97. The van der Waals surface area contributed by atoms with Crippen LogP contribution in [0.15, 0.2) is 10.5 Å². The summed E-state index contributed by atoms with van der Waals surface area (Å²) < 4.78 is 5.34. The monoisotopic (exact) mass is 150 g/mol. The van der Waals surface area contributed by atoms with E-state index in [2.05, 4.69) is 0 Å². The van der Waals surface area contributed by atoms with Crippen molar-refractivity contribution in [3.63, 3.8) is 0 Å². The maximum Gasteiger partial charge on any atom is 0.194 e. The van der Waals surface area contributed by atoms with Crippen LogP contribution in [0.1, 0.15) is 35.2 Å². The number of ketones is 1. The molecule has 0 N–H and O–H groups in total. The lowest BCUT2D eigenvalue weighted by Crippen LogP contribution is -1.87. The molecule has 2 heteroatoms. The summed E-state index contributed by atoms with van der Waals surface area (Å²) in [5.74, 6) is 1.57. The fraction of sp³-hybridized carbons (Fsp3) is 0.444. The maximum absolute atomic E-state index is 10.9. The number of hydrogen-bond acceptors (Lipinski definition) is 2. The molecule has 0 spiro atoms. The van der Waals surface area contributed by atoms with Crippen LogP contribution in [-0.2, 0) is 12.8 Å². The molecule has 2 nitrogen and oxygen atoms in total. The van der Waals surface area contributed by atoms with E-state index < -0.39 is 0 Å². The number of furan rings is 1. The Kier molecular flexibility index (Phi) is 1.34. The summed E-state index contributed by atoms with van der Waals surface area (Å²) in [5.41, 5.74) is 1.23. The van der Waals surface area contributed by atoms with Crippen molar-refractivity contribution in [1.29, 1.82) is 0 Å². The lowest BCUT2D eigenvalue weighted by molar-refractivity contribution is 0.0985. The van der Waals surface area contributed by atoms with Gasteiger partial charge in [0.25, 0.3) is 0 Å². The van der Waals surface area contributed by atoms with Crippen LogP contribution in [0.25, 0.3) is 0 Å². The number of fused-ring (bicyclic) bond motifs is 1. The number of Topliss-reactive ketones (excluding diaryl/α,β-unsaturated/α-hetero) is 1. The van der Waals surface area contributed by atoms with Crippen LogP contribution in [0.2, 0.25) is 0 Å². The SMILES string of the molecule is CC(=O)c1cc2c(o1)CCC2. The molecule has 0 radical (unpaired) electrons. The summed E-state index contributed by atoms with van der Waals surface area (Å²) in [7, 11) is 0. The van der Waals surface area contributed by atoms with E-state index in [-0.39, 0.29) is 5.78 Å². The van der Waals surface area contributed by atoms with Crippen LogP contribution >= 0.6 is 0 Å². The molecule has 1 heterocycles. The Morgan fingerprint density at radius 3 is 3.00 bits per heavy atom. The fourth-order valence-electron chi connectivity index (χ4n) is 1.50. The van der Waals surface area contributed by atoms with E-state index in [1.54, 1.807) is 0 Å². The molecule has 0 unspecified atom stereocenters. The number of aryl methyl sites for hydroxylation is 2. The van der Waals surface area contributed by atoms with Crippen LogP contribution in [0.4, 0.5) is 0 Å². The zero-order valence-corrected chi connectivity index (χ0v) is 6.52. The quantitative estimate of drug-likeness (QED) is 0.573. The van der Waals surface area contributed by atoms with Gasteiger partial charge in [-0.05, 0) is 24.5 Å². The summed E-state index contributed by atoms with van der Waals surface area (Å²) in [5, 5.41) is 0. The van der Waals surface area contributed by atoms with Crippen molar-refractivity contribution in [2.24, 2.45) is 0 Å². The minimum absolute atomic E-state index is 0.0272. The molecule has 0 fully saturated rings. The van der Waals surface area contributed by atoms with Gasteiger partial charge in [-0.3, -0.25) is 4.79 Å². The zero-order chi connectivity index (χ0) is 7.84. The van der Waals surface area contributed by atoms with E-state index in [1.807, 2.05) is 6.07 Å². The van der Waals surface area contributed by atoms with Gasteiger partial charge in [-0.2, -0.15) is 0 Å². The highest BCUT2D eigenvalue weighted by atomic mass is 16.3. The van der Waals surface area contributed by atoms with Crippen molar-refractivity contribution >= 4 is 5.78 Å². The highest BCUT2D eigenvalue weighted by Gasteiger charge is 2.17. The van der Waals surface area contributed by atoms with E-state index in [1.165, 1.54) is 18.9 Å². The molecule has 0 saturated carbocycles. The van der Waals surface area contributed by atoms with Gasteiger partial charge in [-0.15, -0.1) is 0 Å². The first kappa shape index (κ1) is 6.65. The molecule has 0 aromatic carbocycles. The van der Waals surface area contributed by atoms with Gasteiger partial charge in [0.2, 0.25) is 0 Å². The van der Waals surface area contributed by atoms with Gasteiger partial charge in [0.05, 0.1) is 0 Å². The van der Waals surface area contributed by atoms with Crippen LogP contribution < -0.4 is 0 Å². The molecule has 0 bridgehead atoms. The van der Waals surface area contributed by atoms with Gasteiger partial charge in [-0.1, -0.05) is 0 Å². The van der Waals surface area contributed by atoms with E-state index in [0.29, 0.717) is 5.76 Å². The van der Waals surface area contributed by atoms with Crippen LogP contribution in [0.3, 0.4) is 0 Å². The van der Waals surface area contributed by atoms with Gasteiger partial charge >= 0.3 is 0 Å². The Labute approximate surface area is 65.2 Å². The van der Waals surface area contributed by atoms with Crippen molar-refractivity contribution in [3.05, 3.63) is 23.2 Å². The summed E-state index contributed by atoms with van der Waals surface area (Å²) in [6.07, 6.45) is 3.25. The van der Waals surface area contributed by atoms with E-state index in [9.17, 15) is 4.79 Å². The van der Waals surface area contributed by atoms with Gasteiger partial charge < -0.3 is 4.42 Å². The molecule has 58 valence electrons. The zero-order valence-electron chi connectivity index (χ0n) is 6.52. The Bertz CT molecular complexity index is 275. The lowest BCUT2D eigenvalue weighted by Gasteiger charge is -1.87. The minimum Gasteiger partial charge on any atom is -0.458 e. The number of carbonyl (C=O) groups is 1. The summed E-state index contributed by atoms with van der Waals surface area (Å²) in [6, 6.07) is 1.88. The van der Waals surface area contributed by atoms with E-state index in [0.717, 1.165) is 18.6 Å². The second-order valence-electron chi connectivity index (χ2n) is 2.97. The van der Waals surface area contributed by atoms with Crippen molar-refractivity contribution in [2.45, 2.75) is 26.2 Å². The molecule has 0 atom stereocenters. The largest absolute Gasteiger partial charge is 0.458 e. The van der Waals surface area contributed by atoms with Gasteiger partial charge in [0.1, 0.15) is 5.76 Å². The normalized spacial score (nSPS) is 15.0. The Morgan fingerprint density at radius 2 is 2.36 bits per heavy atom. The highest BCUT2D eigenvalue weighted by Crippen LogP contribution is 2.25.